The molecule has 16 heteroatoms. The van der Waals surface area contributed by atoms with Crippen LogP contribution in [0, 0.1) is 26.1 Å². The van der Waals surface area contributed by atoms with Crippen molar-refractivity contribution in [3.63, 3.8) is 0 Å². The highest BCUT2D eigenvalue weighted by molar-refractivity contribution is 8.04. The van der Waals surface area contributed by atoms with E-state index in [9.17, 15) is 34.6 Å². The van der Waals surface area contributed by atoms with E-state index in [-0.39, 0.29) is 52.7 Å². The van der Waals surface area contributed by atoms with E-state index in [1.807, 2.05) is 6.92 Å². The number of fused-ring (bicyclic) bond motifs is 1. The van der Waals surface area contributed by atoms with Crippen molar-refractivity contribution >= 4 is 49.4 Å². The Morgan fingerprint density at radius 3 is 1.98 bits per heavy atom. The van der Waals surface area contributed by atoms with Crippen molar-refractivity contribution in [2.24, 2.45) is 5.92 Å². The molecule has 2 aliphatic rings. The van der Waals surface area contributed by atoms with Gasteiger partial charge in [0.05, 0.1) is 21.9 Å². The van der Waals surface area contributed by atoms with E-state index in [2.05, 4.69) is 39.2 Å². The van der Waals surface area contributed by atoms with Crippen molar-refractivity contribution in [2.45, 2.75) is 89.8 Å². The summed E-state index contributed by atoms with van der Waals surface area (Å²) in [6.07, 6.45) is 0.655. The van der Waals surface area contributed by atoms with Crippen molar-refractivity contribution < 1.29 is 38.1 Å². The maximum Gasteiger partial charge on any atom is 0.407 e. The smallest absolute Gasteiger partial charge is 0.407 e. The second-order valence-corrected chi connectivity index (χ2v) is 19.4. The van der Waals surface area contributed by atoms with Crippen molar-refractivity contribution in [1.82, 2.24) is 10.2 Å². The van der Waals surface area contributed by atoms with Gasteiger partial charge in [0.15, 0.2) is 8.32 Å². The molecule has 0 bridgehead atoms. The molecule has 2 aromatic rings. The fourth-order valence-corrected chi connectivity index (χ4v) is 8.24. The van der Waals surface area contributed by atoms with Gasteiger partial charge in [-0.15, -0.1) is 11.8 Å². The third kappa shape index (κ3) is 9.04. The summed E-state index contributed by atoms with van der Waals surface area (Å²) in [5.41, 5.74) is 1.25. The molecule has 2 amide bonds. The number of amides is 2. The van der Waals surface area contributed by atoms with Crippen LogP contribution < -0.4 is 5.32 Å². The summed E-state index contributed by atoms with van der Waals surface area (Å²) in [4.78, 5) is 62.2. The summed E-state index contributed by atoms with van der Waals surface area (Å²) in [6.45, 7) is 12.7. The van der Waals surface area contributed by atoms with Crippen LogP contribution in [0.2, 0.25) is 18.1 Å². The van der Waals surface area contributed by atoms with Crippen LogP contribution in [0.25, 0.3) is 0 Å². The summed E-state index contributed by atoms with van der Waals surface area (Å²) in [5, 5.41) is 24.1. The lowest BCUT2D eigenvalue weighted by atomic mass is 9.92. The molecule has 4 rings (SSSR count). The summed E-state index contributed by atoms with van der Waals surface area (Å²) >= 11 is 1.46. The molecule has 49 heavy (non-hydrogen) atoms. The van der Waals surface area contributed by atoms with Crippen LogP contribution in [0.1, 0.15) is 58.1 Å². The average Bonchev–Trinajstić information content (AvgIpc) is 3.36. The Kier molecular flexibility index (Phi) is 11.9. The Balaban J connectivity index is 1.36. The number of alkyl carbamates (subject to hydrolysis) is 1. The number of nitrogens with one attached hydrogen (secondary N) is 1. The van der Waals surface area contributed by atoms with Crippen LogP contribution in [-0.4, -0.2) is 59.1 Å². The Labute approximate surface area is 290 Å². The Bertz CT molecular complexity index is 1610. The quantitative estimate of drug-likeness (QED) is 0.0512. The normalized spacial score (nSPS) is 18.0. The molecule has 0 radical (unpaired) electrons. The molecule has 0 saturated carbocycles. The predicted octanol–water partition coefficient (Wildman–Crippen LogP) is 6.80. The third-order valence-corrected chi connectivity index (χ3v) is 15.0. The summed E-state index contributed by atoms with van der Waals surface area (Å²) in [7, 11) is -2.17. The highest BCUT2D eigenvalue weighted by Gasteiger charge is 2.59. The molecular weight excluding hydrogens is 673 g/mol. The van der Waals surface area contributed by atoms with E-state index in [0.717, 1.165) is 4.91 Å². The second kappa shape index (κ2) is 15.5. The van der Waals surface area contributed by atoms with Gasteiger partial charge in [0.2, 0.25) is 5.91 Å². The van der Waals surface area contributed by atoms with Gasteiger partial charge in [0.1, 0.15) is 24.3 Å². The molecule has 14 nitrogen and oxygen atoms in total. The SMILES string of the molecule is C[C@H](O[Si](C)(C)C(C)(C)C)[C@@H]1C(=O)N2C(C(=O)OCc3ccc([N+](=O)[O-])cc3)=C(CCCCNC(=O)OCc3ccc([N+](=O)[O-])cc3)S[C@H]12. The van der Waals surface area contributed by atoms with Crippen molar-refractivity contribution in [2.75, 3.05) is 6.54 Å². The number of nitro benzene ring substituents is 2. The van der Waals surface area contributed by atoms with Gasteiger partial charge in [0, 0.05) is 35.7 Å². The van der Waals surface area contributed by atoms with Crippen molar-refractivity contribution in [3.05, 3.63) is 90.5 Å². The van der Waals surface area contributed by atoms with Crippen molar-refractivity contribution in [3.8, 4) is 0 Å². The van der Waals surface area contributed by atoms with Crippen LogP contribution >= 0.6 is 11.8 Å². The Hall–Kier alpha value is -4.28. The monoisotopic (exact) mass is 714 g/mol. The van der Waals surface area contributed by atoms with Crippen LogP contribution in [0.3, 0.4) is 0 Å². The predicted molar refractivity (Wildman–Crippen MR) is 185 cm³/mol. The summed E-state index contributed by atoms with van der Waals surface area (Å²) in [5.74, 6) is -1.28. The molecule has 2 aromatic carbocycles. The lowest BCUT2D eigenvalue weighted by Crippen LogP contribution is -2.62. The number of nitro groups is 2. The molecule has 1 saturated heterocycles. The number of hydrogen-bond donors (Lipinski definition) is 1. The van der Waals surface area contributed by atoms with E-state index < -0.39 is 36.1 Å². The van der Waals surface area contributed by atoms with E-state index in [4.69, 9.17) is 13.9 Å². The van der Waals surface area contributed by atoms with Crippen LogP contribution in [-0.2, 0) is 36.7 Å². The number of allylic oxidation sites excluding steroid dienone is 1. The van der Waals surface area contributed by atoms with Gasteiger partial charge < -0.3 is 19.2 Å². The van der Waals surface area contributed by atoms with Gasteiger partial charge >= 0.3 is 12.1 Å². The lowest BCUT2D eigenvalue weighted by Gasteiger charge is -2.48. The molecule has 0 aromatic heterocycles. The molecule has 2 aliphatic heterocycles. The minimum Gasteiger partial charge on any atom is -0.456 e. The second-order valence-electron chi connectivity index (χ2n) is 13.5. The molecule has 2 heterocycles. The zero-order chi connectivity index (χ0) is 36.1. The molecule has 1 fully saturated rings. The van der Waals surface area contributed by atoms with E-state index >= 15 is 0 Å². The molecule has 0 aliphatic carbocycles. The number of thioether (sulfide) groups is 1. The van der Waals surface area contributed by atoms with Crippen LogP contribution in [0.5, 0.6) is 0 Å². The fraction of sp³-hybridized carbons (Fsp3) is 0.485. The third-order valence-electron chi connectivity index (χ3n) is 8.97. The zero-order valence-corrected chi connectivity index (χ0v) is 30.2. The zero-order valence-electron chi connectivity index (χ0n) is 28.4. The number of unbranched alkanes of at least 4 members (excludes halogenated alkanes) is 1. The van der Waals surface area contributed by atoms with Gasteiger partial charge in [0.25, 0.3) is 11.4 Å². The van der Waals surface area contributed by atoms with Crippen LogP contribution in [0.15, 0.2) is 59.1 Å². The highest BCUT2D eigenvalue weighted by Crippen LogP contribution is 2.53. The first-order chi connectivity index (χ1) is 23.0. The number of carbonyl (C=O) groups excluding carboxylic acids is 3. The summed E-state index contributed by atoms with van der Waals surface area (Å²) < 4.78 is 17.4. The number of non-ortho nitro benzene ring substituents is 2. The largest absolute Gasteiger partial charge is 0.456 e. The highest BCUT2D eigenvalue weighted by atomic mass is 32.2. The number of carbonyl (C=O) groups is 3. The molecule has 264 valence electrons. The number of ether oxygens (including phenoxy) is 2. The number of benzene rings is 2. The van der Waals surface area contributed by atoms with E-state index in [0.29, 0.717) is 36.9 Å². The maximum atomic E-state index is 13.6. The van der Waals surface area contributed by atoms with Gasteiger partial charge in [-0.25, -0.2) is 9.59 Å². The number of rotatable bonds is 15. The topological polar surface area (TPSA) is 180 Å². The molecule has 0 unspecified atom stereocenters. The fourth-order valence-electron chi connectivity index (χ4n) is 5.17. The Morgan fingerprint density at radius 2 is 1.47 bits per heavy atom. The maximum absolute atomic E-state index is 13.6. The van der Waals surface area contributed by atoms with E-state index in [1.165, 1.54) is 65.2 Å². The van der Waals surface area contributed by atoms with Gasteiger partial charge in [-0.2, -0.15) is 0 Å². The van der Waals surface area contributed by atoms with Gasteiger partial charge in [-0.1, -0.05) is 20.8 Å². The Morgan fingerprint density at radius 1 is 0.939 bits per heavy atom. The number of nitrogens with zero attached hydrogens (tertiary/aromatic N) is 3. The lowest BCUT2D eigenvalue weighted by molar-refractivity contribution is -0.385. The summed E-state index contributed by atoms with van der Waals surface area (Å²) in [6, 6.07) is 11.4. The number of esters is 1. The molecular formula is C33H42N4O10SSi. The first kappa shape index (κ1) is 37.5. The minimum atomic E-state index is -2.17. The first-order valence-electron chi connectivity index (χ1n) is 16.0. The average molecular weight is 715 g/mol. The number of β-lactam (4-membered cyclic amide) rings is 1. The van der Waals surface area contributed by atoms with Crippen molar-refractivity contribution in [1.29, 1.82) is 0 Å². The first-order valence-corrected chi connectivity index (χ1v) is 19.7. The van der Waals surface area contributed by atoms with E-state index in [1.54, 1.807) is 0 Å². The molecule has 3 atom stereocenters. The van der Waals surface area contributed by atoms with Crippen LogP contribution in [0.4, 0.5) is 16.2 Å². The minimum absolute atomic E-state index is 0.0390. The van der Waals surface area contributed by atoms with Gasteiger partial charge in [-0.05, 0) is 79.7 Å². The standard InChI is InChI=1S/C33H42N4O10SSi/c1-21(47-49(5,6)33(2,3)4)27-29(38)35-28(31(39)45-19-22-10-14-24(15-11-22)36(41)42)26(48-30(27)35)9-7-8-18-34-32(40)46-20-23-12-16-25(17-13-23)37(43)44/h10-17,21,27,30H,7-9,18-20H2,1-6H3,(H,34,40)/t21-,27+,30+/m0/s1. The molecule has 1 N–H and O–H groups in total. The molecule has 0 spiro atoms. The number of hydrogen-bond acceptors (Lipinski definition) is 11. The van der Waals surface area contributed by atoms with Gasteiger partial charge in [-0.3, -0.25) is 29.9 Å².